The van der Waals surface area contributed by atoms with E-state index in [-0.39, 0.29) is 11.5 Å². The summed E-state index contributed by atoms with van der Waals surface area (Å²) in [6.07, 6.45) is 0. The molecule has 28 heavy (non-hydrogen) atoms. The van der Waals surface area contributed by atoms with Gasteiger partial charge in [-0.1, -0.05) is 47.7 Å². The van der Waals surface area contributed by atoms with E-state index in [2.05, 4.69) is 10.2 Å². The van der Waals surface area contributed by atoms with Crippen LogP contribution in [0, 0.1) is 24.0 Å². The second-order valence-electron chi connectivity index (χ2n) is 6.29. The quantitative estimate of drug-likeness (QED) is 0.318. The molecule has 7 nitrogen and oxygen atoms in total. The summed E-state index contributed by atoms with van der Waals surface area (Å²) in [7, 11) is 0. The second-order valence-corrected chi connectivity index (χ2v) is 7.46. The highest BCUT2D eigenvalue weighted by atomic mass is 32.2. The lowest BCUT2D eigenvalue weighted by molar-refractivity contribution is -0.479. The fourth-order valence-electron chi connectivity index (χ4n) is 2.91. The molecule has 0 bridgehead atoms. The first kappa shape index (κ1) is 19.9. The van der Waals surface area contributed by atoms with Gasteiger partial charge in [-0.2, -0.15) is 0 Å². The smallest absolute Gasteiger partial charge is 0.220 e. The second kappa shape index (κ2) is 8.88. The number of para-hydroxylation sites is 1. The van der Waals surface area contributed by atoms with Crippen LogP contribution in [0.5, 0.6) is 5.75 Å². The molecule has 1 aromatic heterocycles. The van der Waals surface area contributed by atoms with Gasteiger partial charge < -0.3 is 4.74 Å². The van der Waals surface area contributed by atoms with Crippen molar-refractivity contribution in [2.45, 2.75) is 31.2 Å². The van der Waals surface area contributed by atoms with Crippen molar-refractivity contribution in [2.24, 2.45) is 0 Å². The number of hydrogen-bond acceptors (Lipinski definition) is 6. The van der Waals surface area contributed by atoms with E-state index in [0.29, 0.717) is 17.5 Å². The molecule has 0 spiro atoms. The summed E-state index contributed by atoms with van der Waals surface area (Å²) in [5.41, 5.74) is 2.86. The molecule has 8 heteroatoms. The van der Waals surface area contributed by atoms with Crippen molar-refractivity contribution in [2.75, 3.05) is 13.2 Å². The summed E-state index contributed by atoms with van der Waals surface area (Å²) in [4.78, 5) is 11.0. The molecule has 2 aromatic carbocycles. The zero-order valence-corrected chi connectivity index (χ0v) is 16.8. The molecule has 0 saturated heterocycles. The van der Waals surface area contributed by atoms with Crippen molar-refractivity contribution >= 4 is 11.8 Å². The Bertz CT molecular complexity index is 956. The molecule has 0 fully saturated rings. The number of benzene rings is 2. The lowest BCUT2D eigenvalue weighted by Gasteiger charge is -2.17. The van der Waals surface area contributed by atoms with E-state index in [1.165, 1.54) is 11.8 Å². The summed E-state index contributed by atoms with van der Waals surface area (Å²) < 4.78 is 7.61. The van der Waals surface area contributed by atoms with E-state index in [0.717, 1.165) is 22.6 Å². The normalized spacial score (nSPS) is 12.0. The molecule has 0 aliphatic rings. The predicted molar refractivity (Wildman–Crippen MR) is 109 cm³/mol. The molecule has 0 radical (unpaired) electrons. The fourth-order valence-corrected chi connectivity index (χ4v) is 4.11. The Labute approximate surface area is 167 Å². The van der Waals surface area contributed by atoms with Gasteiger partial charge in [0.1, 0.15) is 16.8 Å². The van der Waals surface area contributed by atoms with Crippen LogP contribution in [-0.2, 0) is 0 Å². The number of hydrogen-bond donors (Lipinski definition) is 0. The van der Waals surface area contributed by atoms with E-state index < -0.39 is 5.25 Å². The number of thioether (sulfide) groups is 1. The van der Waals surface area contributed by atoms with Crippen molar-refractivity contribution in [3.63, 3.8) is 0 Å². The maximum Gasteiger partial charge on any atom is 0.220 e. The standard InChI is InChI=1S/C20H22N4O3S/c1-4-27-18-8-6-5-7-17(18)19(13-23(25)26)28-20-22-21-15(3)24(20)16-11-9-14(2)10-12-16/h5-12,19H,4,13H2,1-3H3/t19-/m1/s1. The van der Waals surface area contributed by atoms with Crippen LogP contribution < -0.4 is 4.74 Å². The Morgan fingerprint density at radius 1 is 1.14 bits per heavy atom. The first-order valence-corrected chi connectivity index (χ1v) is 9.86. The monoisotopic (exact) mass is 398 g/mol. The van der Waals surface area contributed by atoms with Crippen LogP contribution in [0.15, 0.2) is 53.7 Å². The third kappa shape index (κ3) is 4.51. The third-order valence-electron chi connectivity index (χ3n) is 4.22. The maximum atomic E-state index is 11.3. The Kier molecular flexibility index (Phi) is 6.30. The first-order valence-electron chi connectivity index (χ1n) is 8.98. The Hall–Kier alpha value is -2.87. The number of nitro groups is 1. The molecule has 0 saturated carbocycles. The number of ether oxygens (including phenoxy) is 1. The highest BCUT2D eigenvalue weighted by molar-refractivity contribution is 7.99. The van der Waals surface area contributed by atoms with E-state index in [9.17, 15) is 10.1 Å². The number of rotatable bonds is 8. The van der Waals surface area contributed by atoms with Gasteiger partial charge in [-0.05, 0) is 39.0 Å². The summed E-state index contributed by atoms with van der Waals surface area (Å²) in [6.45, 7) is 6.04. The molecule has 0 amide bonds. The molecule has 0 aliphatic carbocycles. The van der Waals surface area contributed by atoms with Crippen molar-refractivity contribution in [3.8, 4) is 11.4 Å². The minimum absolute atomic E-state index is 0.242. The molecule has 1 atom stereocenters. The number of nitrogens with zero attached hydrogens (tertiary/aromatic N) is 4. The molecular formula is C20H22N4O3S. The summed E-state index contributed by atoms with van der Waals surface area (Å²) >= 11 is 1.32. The van der Waals surface area contributed by atoms with E-state index in [1.807, 2.05) is 73.9 Å². The highest BCUT2D eigenvalue weighted by Crippen LogP contribution is 2.39. The SMILES string of the molecule is CCOc1ccccc1[C@@H](C[N+](=O)[O-])Sc1nnc(C)n1-c1ccc(C)cc1. The van der Waals surface area contributed by atoms with Gasteiger partial charge in [-0.15, -0.1) is 10.2 Å². The van der Waals surface area contributed by atoms with Gasteiger partial charge >= 0.3 is 0 Å². The van der Waals surface area contributed by atoms with E-state index in [4.69, 9.17) is 4.74 Å². The van der Waals surface area contributed by atoms with Crippen molar-refractivity contribution in [1.29, 1.82) is 0 Å². The van der Waals surface area contributed by atoms with Gasteiger partial charge in [0, 0.05) is 16.2 Å². The first-order chi connectivity index (χ1) is 13.5. The van der Waals surface area contributed by atoms with Gasteiger partial charge in [-0.3, -0.25) is 14.7 Å². The lowest BCUT2D eigenvalue weighted by atomic mass is 10.1. The number of aryl methyl sites for hydroxylation is 2. The average molecular weight is 398 g/mol. The molecule has 0 aliphatic heterocycles. The van der Waals surface area contributed by atoms with Gasteiger partial charge in [0.25, 0.3) is 0 Å². The Balaban J connectivity index is 1.99. The Morgan fingerprint density at radius 2 is 1.86 bits per heavy atom. The zero-order valence-electron chi connectivity index (χ0n) is 16.0. The largest absolute Gasteiger partial charge is 0.494 e. The maximum absolute atomic E-state index is 11.3. The van der Waals surface area contributed by atoms with Gasteiger partial charge in [0.05, 0.1) is 6.61 Å². The van der Waals surface area contributed by atoms with Crippen LogP contribution in [0.1, 0.15) is 29.1 Å². The number of aromatic nitrogens is 3. The molecular weight excluding hydrogens is 376 g/mol. The third-order valence-corrected chi connectivity index (χ3v) is 5.38. The molecule has 0 N–H and O–H groups in total. The van der Waals surface area contributed by atoms with Gasteiger partial charge in [0.2, 0.25) is 6.54 Å². The van der Waals surface area contributed by atoms with Crippen molar-refractivity contribution < 1.29 is 9.66 Å². The van der Waals surface area contributed by atoms with Crippen LogP contribution in [-0.4, -0.2) is 32.8 Å². The molecule has 3 rings (SSSR count). The van der Waals surface area contributed by atoms with Crippen molar-refractivity contribution in [1.82, 2.24) is 14.8 Å². The minimum atomic E-state index is -0.453. The predicted octanol–water partition coefficient (Wildman–Crippen LogP) is 4.39. The molecule has 146 valence electrons. The highest BCUT2D eigenvalue weighted by Gasteiger charge is 2.26. The fraction of sp³-hybridized carbons (Fsp3) is 0.300. The van der Waals surface area contributed by atoms with Gasteiger partial charge in [0.15, 0.2) is 5.16 Å². The van der Waals surface area contributed by atoms with Gasteiger partial charge in [-0.25, -0.2) is 0 Å². The summed E-state index contributed by atoms with van der Waals surface area (Å²) in [5, 5.41) is 20.0. The zero-order chi connectivity index (χ0) is 20.1. The van der Waals surface area contributed by atoms with Crippen molar-refractivity contribution in [3.05, 3.63) is 75.6 Å². The lowest BCUT2D eigenvalue weighted by Crippen LogP contribution is -2.12. The van der Waals surface area contributed by atoms with Crippen LogP contribution >= 0.6 is 11.8 Å². The van der Waals surface area contributed by atoms with Crippen LogP contribution in [0.25, 0.3) is 5.69 Å². The van der Waals surface area contributed by atoms with E-state index >= 15 is 0 Å². The summed E-state index contributed by atoms with van der Waals surface area (Å²) in [5.74, 6) is 1.38. The topological polar surface area (TPSA) is 83.1 Å². The van der Waals surface area contributed by atoms with E-state index in [1.54, 1.807) is 0 Å². The van der Waals surface area contributed by atoms with Crippen LogP contribution in [0.4, 0.5) is 0 Å². The summed E-state index contributed by atoms with van der Waals surface area (Å²) in [6, 6.07) is 15.4. The molecule has 1 heterocycles. The molecule has 3 aromatic rings. The minimum Gasteiger partial charge on any atom is -0.494 e. The van der Waals surface area contributed by atoms with Crippen LogP contribution in [0.2, 0.25) is 0 Å². The molecule has 0 unspecified atom stereocenters. The Morgan fingerprint density at radius 3 is 2.54 bits per heavy atom. The van der Waals surface area contributed by atoms with Crippen LogP contribution in [0.3, 0.4) is 0 Å². The average Bonchev–Trinajstić information content (AvgIpc) is 3.03.